The number of esters is 1. The predicted molar refractivity (Wildman–Crippen MR) is 315 cm³/mol. The molecule has 0 radical (unpaired) electrons. The Labute approximate surface area is 448 Å². The molecule has 0 saturated carbocycles. The highest BCUT2D eigenvalue weighted by Gasteiger charge is 2.18. The van der Waals surface area contributed by atoms with Gasteiger partial charge in [0.15, 0.2) is 0 Å². The Morgan fingerprint density at radius 2 is 0.694 bits per heavy atom. The molecule has 6 nitrogen and oxygen atoms in total. The van der Waals surface area contributed by atoms with Crippen LogP contribution in [-0.2, 0) is 14.3 Å². The van der Waals surface area contributed by atoms with Crippen molar-refractivity contribution in [3.05, 3.63) is 48.6 Å². The Kier molecular flexibility index (Phi) is 59.5. The van der Waals surface area contributed by atoms with Crippen LogP contribution in [0.4, 0.5) is 0 Å². The first-order valence-corrected chi connectivity index (χ1v) is 31.9. The topological polar surface area (TPSA) is 95.9 Å². The third kappa shape index (κ3) is 57.1. The van der Waals surface area contributed by atoms with Crippen LogP contribution in [0.1, 0.15) is 335 Å². The summed E-state index contributed by atoms with van der Waals surface area (Å²) in [5.41, 5.74) is 0. The van der Waals surface area contributed by atoms with Gasteiger partial charge < -0.3 is 20.3 Å². The van der Waals surface area contributed by atoms with Crippen LogP contribution >= 0.6 is 0 Å². The zero-order valence-electron chi connectivity index (χ0n) is 48.2. The molecule has 0 aliphatic carbocycles. The van der Waals surface area contributed by atoms with Crippen molar-refractivity contribution in [1.29, 1.82) is 0 Å². The Morgan fingerprint density at radius 1 is 0.389 bits per heavy atom. The summed E-state index contributed by atoms with van der Waals surface area (Å²) in [5, 5.41) is 23.1. The first-order chi connectivity index (χ1) is 35.5. The number of rotatable bonds is 59. The molecule has 0 heterocycles. The number of aliphatic hydroxyl groups excluding tert-OH is 2. The lowest BCUT2D eigenvalue weighted by molar-refractivity contribution is -0.143. The van der Waals surface area contributed by atoms with Crippen LogP contribution in [-0.4, -0.2) is 47.4 Å². The standard InChI is InChI=1S/C66H123NO5/c1-3-5-7-9-11-13-15-17-32-36-40-44-48-52-56-60-66(71)72-61-57-53-49-45-41-37-34-31-29-27-25-23-21-19-18-20-22-24-26-28-30-33-35-39-43-47-51-55-59-65(70)67-63(62-68)64(69)58-54-50-46-42-38-16-14-12-10-8-6-4-2/h11,13,17-19,32,54,58,63-64,68-69H,3-10,12,14-16,20-31,33-53,55-57,59-62H2,1-2H3,(H,67,70)/b13-11-,19-18-,32-17-,58-54+. The first-order valence-electron chi connectivity index (χ1n) is 31.9. The molecule has 0 saturated heterocycles. The molecule has 0 rings (SSSR count). The molecule has 72 heavy (non-hydrogen) atoms. The molecule has 422 valence electrons. The average Bonchev–Trinajstić information content (AvgIpc) is 3.38. The summed E-state index contributed by atoms with van der Waals surface area (Å²) in [6.07, 6.45) is 78.8. The van der Waals surface area contributed by atoms with E-state index in [1.165, 1.54) is 257 Å². The lowest BCUT2D eigenvalue weighted by Gasteiger charge is -2.20. The fourth-order valence-corrected chi connectivity index (χ4v) is 9.66. The number of hydrogen-bond acceptors (Lipinski definition) is 5. The van der Waals surface area contributed by atoms with Gasteiger partial charge in [0.1, 0.15) is 0 Å². The second-order valence-electron chi connectivity index (χ2n) is 21.7. The molecule has 0 aliphatic rings. The van der Waals surface area contributed by atoms with Gasteiger partial charge in [0.05, 0.1) is 25.4 Å². The van der Waals surface area contributed by atoms with Gasteiger partial charge >= 0.3 is 5.97 Å². The lowest BCUT2D eigenvalue weighted by Crippen LogP contribution is -2.45. The number of amides is 1. The fraction of sp³-hybridized carbons (Fsp3) is 0.848. The Balaban J connectivity index is 3.39. The normalized spacial score (nSPS) is 12.9. The number of hydrogen-bond donors (Lipinski definition) is 3. The summed E-state index contributed by atoms with van der Waals surface area (Å²) < 4.78 is 5.48. The third-order valence-corrected chi connectivity index (χ3v) is 14.6. The minimum Gasteiger partial charge on any atom is -0.466 e. The summed E-state index contributed by atoms with van der Waals surface area (Å²) in [4.78, 5) is 24.5. The predicted octanol–water partition coefficient (Wildman–Crippen LogP) is 20.1. The van der Waals surface area contributed by atoms with E-state index >= 15 is 0 Å². The Morgan fingerprint density at radius 3 is 1.10 bits per heavy atom. The van der Waals surface area contributed by atoms with Crippen molar-refractivity contribution in [2.24, 2.45) is 0 Å². The Bertz CT molecular complexity index is 1210. The SMILES string of the molecule is CCCCC/C=C\C/C=C\CCCCCCCC(=O)OCCCCCCCCCCCCCC/C=C\CCCCCCCCCCCCCCC(=O)NC(CO)C(O)/C=C/CCCCCCCCCCCC. The molecule has 1 amide bonds. The van der Waals surface area contributed by atoms with Gasteiger partial charge in [-0.3, -0.25) is 9.59 Å². The minimum absolute atomic E-state index is 0.00110. The van der Waals surface area contributed by atoms with E-state index in [4.69, 9.17) is 4.74 Å². The molecule has 0 spiro atoms. The largest absolute Gasteiger partial charge is 0.466 e. The van der Waals surface area contributed by atoms with Gasteiger partial charge in [-0.25, -0.2) is 0 Å². The van der Waals surface area contributed by atoms with Crippen molar-refractivity contribution in [3.8, 4) is 0 Å². The van der Waals surface area contributed by atoms with Crippen LogP contribution in [0, 0.1) is 0 Å². The zero-order chi connectivity index (χ0) is 52.2. The van der Waals surface area contributed by atoms with E-state index < -0.39 is 12.1 Å². The molecule has 0 aliphatic heterocycles. The third-order valence-electron chi connectivity index (χ3n) is 14.6. The van der Waals surface area contributed by atoms with E-state index in [0.717, 1.165) is 51.4 Å². The number of carbonyl (C=O) groups excluding carboxylic acids is 2. The van der Waals surface area contributed by atoms with E-state index in [0.29, 0.717) is 19.4 Å². The summed E-state index contributed by atoms with van der Waals surface area (Å²) in [5.74, 6) is -0.0673. The highest BCUT2D eigenvalue weighted by Crippen LogP contribution is 2.17. The minimum atomic E-state index is -0.844. The fourth-order valence-electron chi connectivity index (χ4n) is 9.66. The molecule has 3 N–H and O–H groups in total. The van der Waals surface area contributed by atoms with E-state index in [1.807, 2.05) is 6.08 Å². The Hall–Kier alpha value is -2.18. The molecule has 0 aromatic rings. The van der Waals surface area contributed by atoms with Crippen LogP contribution < -0.4 is 5.32 Å². The van der Waals surface area contributed by atoms with Crippen molar-refractivity contribution in [2.45, 2.75) is 347 Å². The van der Waals surface area contributed by atoms with E-state index in [-0.39, 0.29) is 18.5 Å². The van der Waals surface area contributed by atoms with Crippen LogP contribution in [0.15, 0.2) is 48.6 Å². The highest BCUT2D eigenvalue weighted by molar-refractivity contribution is 5.76. The summed E-state index contributed by atoms with van der Waals surface area (Å²) in [7, 11) is 0. The molecule has 2 unspecified atom stereocenters. The molecular formula is C66H123NO5. The highest BCUT2D eigenvalue weighted by atomic mass is 16.5. The maximum absolute atomic E-state index is 12.4. The average molecular weight is 1010 g/mol. The van der Waals surface area contributed by atoms with Gasteiger partial charge in [0.25, 0.3) is 0 Å². The van der Waals surface area contributed by atoms with Gasteiger partial charge in [0, 0.05) is 12.8 Å². The number of unbranched alkanes of at least 4 members (excludes halogenated alkanes) is 42. The number of carbonyl (C=O) groups is 2. The zero-order valence-corrected chi connectivity index (χ0v) is 48.2. The molecule has 6 heteroatoms. The van der Waals surface area contributed by atoms with Gasteiger partial charge in [-0.05, 0) is 89.9 Å². The van der Waals surface area contributed by atoms with Gasteiger partial charge in [-0.15, -0.1) is 0 Å². The van der Waals surface area contributed by atoms with Crippen LogP contribution in [0.5, 0.6) is 0 Å². The van der Waals surface area contributed by atoms with Crippen LogP contribution in [0.3, 0.4) is 0 Å². The second kappa shape index (κ2) is 61.4. The number of ether oxygens (including phenoxy) is 1. The summed E-state index contributed by atoms with van der Waals surface area (Å²) >= 11 is 0. The summed E-state index contributed by atoms with van der Waals surface area (Å²) in [6, 6.07) is -0.627. The van der Waals surface area contributed by atoms with E-state index in [9.17, 15) is 19.8 Å². The van der Waals surface area contributed by atoms with Crippen molar-refractivity contribution >= 4 is 11.9 Å². The smallest absolute Gasteiger partial charge is 0.305 e. The molecule has 0 aromatic carbocycles. The van der Waals surface area contributed by atoms with Crippen LogP contribution in [0.25, 0.3) is 0 Å². The van der Waals surface area contributed by atoms with Gasteiger partial charge in [-0.2, -0.15) is 0 Å². The lowest BCUT2D eigenvalue weighted by atomic mass is 10.0. The van der Waals surface area contributed by atoms with E-state index in [1.54, 1.807) is 6.08 Å². The second-order valence-corrected chi connectivity index (χ2v) is 21.7. The molecule has 0 fully saturated rings. The molecule has 2 atom stereocenters. The monoisotopic (exact) mass is 1010 g/mol. The molecule has 0 aromatic heterocycles. The maximum atomic E-state index is 12.4. The summed E-state index contributed by atoms with van der Waals surface area (Å²) in [6.45, 7) is 4.87. The van der Waals surface area contributed by atoms with Crippen molar-refractivity contribution in [2.75, 3.05) is 13.2 Å². The maximum Gasteiger partial charge on any atom is 0.305 e. The van der Waals surface area contributed by atoms with Crippen molar-refractivity contribution in [1.82, 2.24) is 5.32 Å². The van der Waals surface area contributed by atoms with Gasteiger partial charge in [0.2, 0.25) is 5.91 Å². The first kappa shape index (κ1) is 69.8. The van der Waals surface area contributed by atoms with Crippen LogP contribution in [0.2, 0.25) is 0 Å². The quantitative estimate of drug-likeness (QED) is 0.0320. The molecular weight excluding hydrogens is 887 g/mol. The van der Waals surface area contributed by atoms with Crippen molar-refractivity contribution in [3.63, 3.8) is 0 Å². The number of allylic oxidation sites excluding steroid dienone is 7. The number of aliphatic hydroxyl groups is 2. The number of nitrogens with one attached hydrogen (secondary N) is 1. The molecule has 0 bridgehead atoms. The van der Waals surface area contributed by atoms with E-state index in [2.05, 4.69) is 55.6 Å². The van der Waals surface area contributed by atoms with Crippen molar-refractivity contribution < 1.29 is 24.5 Å². The van der Waals surface area contributed by atoms with Gasteiger partial charge in [-0.1, -0.05) is 281 Å².